The zero-order valence-corrected chi connectivity index (χ0v) is 15.0. The van der Waals surface area contributed by atoms with Gasteiger partial charge in [0.05, 0.1) is 0 Å². The van der Waals surface area contributed by atoms with E-state index in [-0.39, 0.29) is 13.6 Å². The fourth-order valence-corrected chi connectivity index (χ4v) is 2.89. The molecular weight excluding hydrogens is 316 g/mol. The van der Waals surface area contributed by atoms with Gasteiger partial charge in [0, 0.05) is 34.8 Å². The summed E-state index contributed by atoms with van der Waals surface area (Å²) in [6, 6.07) is 14.4. The van der Waals surface area contributed by atoms with Gasteiger partial charge in [-0.1, -0.05) is 42.0 Å². The number of rotatable bonds is 8. The average molecular weight is 340 g/mol. The Bertz CT molecular complexity index is 857. The number of fused-ring (bicyclic) bond motifs is 2. The maximum absolute atomic E-state index is 6.00. The summed E-state index contributed by atoms with van der Waals surface area (Å²) < 4.78 is 22.8. The van der Waals surface area contributed by atoms with Crippen molar-refractivity contribution in [1.82, 2.24) is 0 Å². The van der Waals surface area contributed by atoms with Crippen LogP contribution in [-0.4, -0.2) is 26.8 Å². The molecule has 132 valence electrons. The molecular formula is C21H24O4. The van der Waals surface area contributed by atoms with Gasteiger partial charge in [0.2, 0.25) is 0 Å². The fourth-order valence-electron chi connectivity index (χ4n) is 2.89. The van der Waals surface area contributed by atoms with E-state index in [1.807, 2.05) is 38.1 Å². The second-order valence-electron chi connectivity index (χ2n) is 5.76. The van der Waals surface area contributed by atoms with Crippen molar-refractivity contribution in [2.45, 2.75) is 20.8 Å². The third-order valence-electron chi connectivity index (χ3n) is 4.06. The molecule has 0 spiro atoms. The Hall–Kier alpha value is -2.30. The maximum atomic E-state index is 6.00. The van der Waals surface area contributed by atoms with Crippen molar-refractivity contribution in [2.75, 3.05) is 26.8 Å². The summed E-state index contributed by atoms with van der Waals surface area (Å²) >= 11 is 0. The van der Waals surface area contributed by atoms with E-state index in [2.05, 4.69) is 25.1 Å². The summed E-state index contributed by atoms with van der Waals surface area (Å²) in [5, 5.41) is 4.04. The second kappa shape index (κ2) is 8.19. The van der Waals surface area contributed by atoms with Crippen LogP contribution < -0.4 is 9.47 Å². The zero-order chi connectivity index (χ0) is 17.6. The van der Waals surface area contributed by atoms with Crippen molar-refractivity contribution in [2.24, 2.45) is 0 Å². The second-order valence-corrected chi connectivity index (χ2v) is 5.76. The molecule has 0 aliphatic rings. The lowest BCUT2D eigenvalue weighted by molar-refractivity contribution is 0.0227. The Morgan fingerprint density at radius 1 is 0.680 bits per heavy atom. The van der Waals surface area contributed by atoms with Gasteiger partial charge in [-0.3, -0.25) is 0 Å². The summed E-state index contributed by atoms with van der Waals surface area (Å²) in [5.74, 6) is 1.65. The SMILES string of the molecule is CCOCOc1c2ccccc2c(OCOCC)c2cc(C)ccc12. The highest BCUT2D eigenvalue weighted by Gasteiger charge is 2.16. The minimum absolute atomic E-state index is 0.225. The summed E-state index contributed by atoms with van der Waals surface area (Å²) in [6.45, 7) is 7.66. The molecule has 0 aliphatic heterocycles. The lowest BCUT2D eigenvalue weighted by Gasteiger charge is -2.18. The summed E-state index contributed by atoms with van der Waals surface area (Å²) in [6.07, 6.45) is 0. The number of ether oxygens (including phenoxy) is 4. The van der Waals surface area contributed by atoms with Crippen LogP contribution in [0.2, 0.25) is 0 Å². The summed E-state index contributed by atoms with van der Waals surface area (Å²) in [4.78, 5) is 0. The molecule has 0 radical (unpaired) electrons. The largest absolute Gasteiger partial charge is 0.466 e. The predicted octanol–water partition coefficient (Wildman–Crippen LogP) is 5.05. The van der Waals surface area contributed by atoms with Gasteiger partial charge in [0.1, 0.15) is 11.5 Å². The molecule has 0 fully saturated rings. The predicted molar refractivity (Wildman–Crippen MR) is 100 cm³/mol. The van der Waals surface area contributed by atoms with Crippen LogP contribution >= 0.6 is 0 Å². The Morgan fingerprint density at radius 3 is 1.76 bits per heavy atom. The van der Waals surface area contributed by atoms with E-state index >= 15 is 0 Å². The molecule has 0 aromatic heterocycles. The van der Waals surface area contributed by atoms with Crippen LogP contribution in [0.3, 0.4) is 0 Å². The molecule has 25 heavy (non-hydrogen) atoms. The van der Waals surface area contributed by atoms with E-state index in [1.54, 1.807) is 0 Å². The summed E-state index contributed by atoms with van der Waals surface area (Å²) in [5.41, 5.74) is 1.17. The monoisotopic (exact) mass is 340 g/mol. The third-order valence-corrected chi connectivity index (χ3v) is 4.06. The molecule has 3 aromatic carbocycles. The van der Waals surface area contributed by atoms with Gasteiger partial charge >= 0.3 is 0 Å². The Balaban J connectivity index is 2.21. The molecule has 0 saturated carbocycles. The van der Waals surface area contributed by atoms with E-state index in [9.17, 15) is 0 Å². The Morgan fingerprint density at radius 2 is 1.20 bits per heavy atom. The molecule has 0 heterocycles. The molecule has 0 amide bonds. The molecule has 3 aromatic rings. The van der Waals surface area contributed by atoms with Crippen LogP contribution in [0.1, 0.15) is 19.4 Å². The zero-order valence-electron chi connectivity index (χ0n) is 15.0. The van der Waals surface area contributed by atoms with Crippen molar-refractivity contribution in [1.29, 1.82) is 0 Å². The Labute approximate surface area is 148 Å². The first-order chi connectivity index (χ1) is 12.3. The molecule has 0 aliphatic carbocycles. The standard InChI is InChI=1S/C21H24O4/c1-4-22-13-24-20-16-8-6-7-9-17(16)21(25-14-23-5-2)19-12-15(3)10-11-18(19)20/h6-12H,4-5,13-14H2,1-3H3. The Kier molecular flexibility index (Phi) is 5.74. The first kappa shape index (κ1) is 17.5. The molecule has 3 rings (SSSR count). The van der Waals surface area contributed by atoms with E-state index in [1.165, 1.54) is 5.56 Å². The van der Waals surface area contributed by atoms with Crippen molar-refractivity contribution < 1.29 is 18.9 Å². The van der Waals surface area contributed by atoms with Crippen LogP contribution in [0.4, 0.5) is 0 Å². The number of hydrogen-bond donors (Lipinski definition) is 0. The highest BCUT2D eigenvalue weighted by molar-refractivity contribution is 6.11. The van der Waals surface area contributed by atoms with Gasteiger partial charge in [-0.25, -0.2) is 0 Å². The lowest BCUT2D eigenvalue weighted by Crippen LogP contribution is -2.06. The highest BCUT2D eigenvalue weighted by Crippen LogP contribution is 2.43. The van der Waals surface area contributed by atoms with Crippen LogP contribution in [0.25, 0.3) is 21.5 Å². The third kappa shape index (κ3) is 3.70. The van der Waals surface area contributed by atoms with E-state index in [0.717, 1.165) is 33.0 Å². The number of hydrogen-bond acceptors (Lipinski definition) is 4. The summed E-state index contributed by atoms with van der Waals surface area (Å²) in [7, 11) is 0. The van der Waals surface area contributed by atoms with E-state index in [0.29, 0.717) is 13.2 Å². The maximum Gasteiger partial charge on any atom is 0.189 e. The normalized spacial score (nSPS) is 11.2. The molecule has 0 saturated heterocycles. The minimum atomic E-state index is 0.225. The van der Waals surface area contributed by atoms with Gasteiger partial charge in [0.25, 0.3) is 0 Å². The van der Waals surface area contributed by atoms with Gasteiger partial charge in [0.15, 0.2) is 13.6 Å². The quantitative estimate of drug-likeness (QED) is 0.327. The average Bonchev–Trinajstić information content (AvgIpc) is 2.63. The van der Waals surface area contributed by atoms with E-state index < -0.39 is 0 Å². The van der Waals surface area contributed by atoms with Crippen molar-refractivity contribution >= 4 is 21.5 Å². The van der Waals surface area contributed by atoms with Gasteiger partial charge in [-0.05, 0) is 26.8 Å². The van der Waals surface area contributed by atoms with Crippen LogP contribution in [-0.2, 0) is 9.47 Å². The first-order valence-electron chi connectivity index (χ1n) is 8.62. The first-order valence-corrected chi connectivity index (χ1v) is 8.62. The van der Waals surface area contributed by atoms with Gasteiger partial charge < -0.3 is 18.9 Å². The fraction of sp³-hybridized carbons (Fsp3) is 0.333. The molecule has 0 unspecified atom stereocenters. The molecule has 0 bridgehead atoms. The minimum Gasteiger partial charge on any atom is -0.466 e. The highest BCUT2D eigenvalue weighted by atomic mass is 16.7. The molecule has 0 atom stereocenters. The van der Waals surface area contributed by atoms with Crippen LogP contribution in [0.5, 0.6) is 11.5 Å². The number of benzene rings is 3. The van der Waals surface area contributed by atoms with Crippen LogP contribution in [0.15, 0.2) is 42.5 Å². The molecule has 4 heteroatoms. The van der Waals surface area contributed by atoms with Crippen LogP contribution in [0, 0.1) is 6.92 Å². The van der Waals surface area contributed by atoms with Crippen molar-refractivity contribution in [3.05, 3.63) is 48.0 Å². The number of aryl methyl sites for hydroxylation is 1. The molecule has 0 N–H and O–H groups in total. The van der Waals surface area contributed by atoms with Gasteiger partial charge in [-0.15, -0.1) is 0 Å². The molecule has 4 nitrogen and oxygen atoms in total. The van der Waals surface area contributed by atoms with E-state index in [4.69, 9.17) is 18.9 Å². The topological polar surface area (TPSA) is 36.9 Å². The van der Waals surface area contributed by atoms with Gasteiger partial charge in [-0.2, -0.15) is 0 Å². The smallest absolute Gasteiger partial charge is 0.189 e. The van der Waals surface area contributed by atoms with Crippen molar-refractivity contribution in [3.63, 3.8) is 0 Å². The van der Waals surface area contributed by atoms with Crippen molar-refractivity contribution in [3.8, 4) is 11.5 Å². The lowest BCUT2D eigenvalue weighted by atomic mass is 9.99.